The first-order chi connectivity index (χ1) is 15.8. The van der Waals surface area contributed by atoms with Gasteiger partial charge in [0.2, 0.25) is 21.8 Å². The molecule has 0 aromatic heterocycles. The number of benzene rings is 3. The summed E-state index contributed by atoms with van der Waals surface area (Å²) < 4.78 is 32.9. The van der Waals surface area contributed by atoms with Gasteiger partial charge in [-0.3, -0.25) is 9.59 Å². The van der Waals surface area contributed by atoms with Crippen LogP contribution in [0.5, 0.6) is 5.75 Å². The lowest BCUT2D eigenvalue weighted by Crippen LogP contribution is -2.37. The van der Waals surface area contributed by atoms with Crippen molar-refractivity contribution in [1.29, 1.82) is 0 Å². The van der Waals surface area contributed by atoms with E-state index >= 15 is 0 Å². The second-order valence-corrected chi connectivity index (χ2v) is 9.26. The van der Waals surface area contributed by atoms with Gasteiger partial charge >= 0.3 is 0 Å². The van der Waals surface area contributed by atoms with Crippen LogP contribution < -0.4 is 15.8 Å². The third kappa shape index (κ3) is 6.64. The molecule has 0 saturated carbocycles. The largest absolute Gasteiger partial charge is 0.497 e. The van der Waals surface area contributed by atoms with Crippen LogP contribution >= 0.6 is 0 Å². The highest BCUT2D eigenvalue weighted by atomic mass is 32.2. The van der Waals surface area contributed by atoms with Crippen LogP contribution in [-0.2, 0) is 32.6 Å². The van der Waals surface area contributed by atoms with Gasteiger partial charge in [-0.05, 0) is 47.5 Å². The molecule has 0 aliphatic carbocycles. The lowest BCUT2D eigenvalue weighted by atomic mass is 10.1. The summed E-state index contributed by atoms with van der Waals surface area (Å²) in [6.45, 7) is -0.355. The van der Waals surface area contributed by atoms with Crippen LogP contribution in [-0.4, -0.2) is 38.2 Å². The molecule has 0 aliphatic heterocycles. The van der Waals surface area contributed by atoms with Crippen LogP contribution in [0, 0.1) is 0 Å². The summed E-state index contributed by atoms with van der Waals surface area (Å²) in [4.78, 5) is 23.8. The number of carbonyl (C=O) groups excluding carboxylic acids is 2. The minimum atomic E-state index is -3.97. The highest BCUT2D eigenvalue weighted by Crippen LogP contribution is 2.21. The molecule has 172 valence electrons. The van der Waals surface area contributed by atoms with E-state index in [9.17, 15) is 18.0 Å². The molecule has 0 heterocycles. The molecule has 0 bridgehead atoms. The number of amides is 2. The van der Waals surface area contributed by atoms with Crippen molar-refractivity contribution in [2.75, 3.05) is 19.0 Å². The smallest absolute Gasteiger partial charge is 0.243 e. The third-order valence-corrected chi connectivity index (χ3v) is 6.64. The van der Waals surface area contributed by atoms with Crippen molar-refractivity contribution >= 4 is 27.5 Å². The van der Waals surface area contributed by atoms with Gasteiger partial charge < -0.3 is 15.8 Å². The third-order valence-electron chi connectivity index (χ3n) is 4.83. The zero-order chi connectivity index (χ0) is 23.8. The lowest BCUT2D eigenvalue weighted by Gasteiger charge is -2.22. The fourth-order valence-corrected chi connectivity index (χ4v) is 4.56. The standard InChI is InChI=1S/C24H25N3O5S/c1-32-21-11-13-22(14-12-21)33(30,31)27(16-19-5-3-2-4-6-19)17-24(29)26-20-9-7-18(8-10-20)15-23(25)28/h2-14H,15-17H2,1H3,(H2,25,28)(H,26,29). The van der Waals surface area contributed by atoms with Gasteiger partial charge in [-0.2, -0.15) is 4.31 Å². The van der Waals surface area contributed by atoms with E-state index in [4.69, 9.17) is 10.5 Å². The fraction of sp³-hybridized carbons (Fsp3) is 0.167. The van der Waals surface area contributed by atoms with E-state index in [0.717, 1.165) is 9.87 Å². The lowest BCUT2D eigenvalue weighted by molar-refractivity contribution is -0.117. The molecular formula is C24H25N3O5S. The summed E-state index contributed by atoms with van der Waals surface area (Å²) in [7, 11) is -2.47. The van der Waals surface area contributed by atoms with Gasteiger partial charge in [0.25, 0.3) is 0 Å². The normalized spacial score (nSPS) is 11.2. The van der Waals surface area contributed by atoms with Crippen molar-refractivity contribution < 1.29 is 22.7 Å². The number of sulfonamides is 1. The van der Waals surface area contributed by atoms with E-state index < -0.39 is 21.8 Å². The zero-order valence-corrected chi connectivity index (χ0v) is 18.9. The molecule has 33 heavy (non-hydrogen) atoms. The van der Waals surface area contributed by atoms with Gasteiger partial charge in [-0.1, -0.05) is 42.5 Å². The van der Waals surface area contributed by atoms with E-state index in [2.05, 4.69) is 5.32 Å². The second-order valence-electron chi connectivity index (χ2n) is 7.32. The summed E-state index contributed by atoms with van der Waals surface area (Å²) in [5.74, 6) is -0.418. The second kappa shape index (κ2) is 10.8. The highest BCUT2D eigenvalue weighted by molar-refractivity contribution is 7.89. The molecule has 3 N–H and O–H groups in total. The number of hydrogen-bond acceptors (Lipinski definition) is 5. The van der Waals surface area contributed by atoms with Gasteiger partial charge in [0.05, 0.1) is 25.0 Å². The number of nitrogens with two attached hydrogens (primary N) is 1. The van der Waals surface area contributed by atoms with Crippen molar-refractivity contribution in [1.82, 2.24) is 4.31 Å². The molecule has 8 nitrogen and oxygen atoms in total. The fourth-order valence-electron chi connectivity index (χ4n) is 3.18. The molecule has 0 spiro atoms. The van der Waals surface area contributed by atoms with Crippen LogP contribution in [0.25, 0.3) is 0 Å². The molecule has 0 fully saturated rings. The Morgan fingerprint density at radius 3 is 2.12 bits per heavy atom. The predicted molar refractivity (Wildman–Crippen MR) is 125 cm³/mol. The number of carbonyl (C=O) groups is 2. The number of nitrogens with one attached hydrogen (secondary N) is 1. The maximum Gasteiger partial charge on any atom is 0.243 e. The summed E-state index contributed by atoms with van der Waals surface area (Å²) in [5.41, 5.74) is 7.13. The van der Waals surface area contributed by atoms with Gasteiger partial charge in [0.15, 0.2) is 0 Å². The number of anilines is 1. The minimum Gasteiger partial charge on any atom is -0.497 e. The van der Waals surface area contributed by atoms with E-state index in [1.54, 1.807) is 60.7 Å². The summed E-state index contributed by atoms with van der Waals surface area (Å²) in [6, 6.07) is 21.7. The first-order valence-corrected chi connectivity index (χ1v) is 11.6. The topological polar surface area (TPSA) is 119 Å². The van der Waals surface area contributed by atoms with Crippen molar-refractivity contribution in [3.63, 3.8) is 0 Å². The Balaban J connectivity index is 1.80. The molecule has 0 unspecified atom stereocenters. The molecule has 3 aromatic carbocycles. The SMILES string of the molecule is COc1ccc(S(=O)(=O)N(CC(=O)Nc2ccc(CC(N)=O)cc2)Cc2ccccc2)cc1. The summed E-state index contributed by atoms with van der Waals surface area (Å²) in [6.07, 6.45) is 0.0964. The van der Waals surface area contributed by atoms with Crippen molar-refractivity contribution in [3.8, 4) is 5.75 Å². The van der Waals surface area contributed by atoms with E-state index in [-0.39, 0.29) is 24.4 Å². The number of nitrogens with zero attached hydrogens (tertiary/aromatic N) is 1. The van der Waals surface area contributed by atoms with E-state index in [0.29, 0.717) is 17.0 Å². The van der Waals surface area contributed by atoms with Crippen molar-refractivity contribution in [2.24, 2.45) is 5.73 Å². The molecule has 2 amide bonds. The minimum absolute atomic E-state index is 0.0279. The monoisotopic (exact) mass is 467 g/mol. The highest BCUT2D eigenvalue weighted by Gasteiger charge is 2.27. The average molecular weight is 468 g/mol. The Morgan fingerprint density at radius 2 is 1.55 bits per heavy atom. The van der Waals surface area contributed by atoms with Gasteiger partial charge in [0, 0.05) is 12.2 Å². The summed E-state index contributed by atoms with van der Waals surface area (Å²) >= 11 is 0. The van der Waals surface area contributed by atoms with Crippen LogP contribution in [0.1, 0.15) is 11.1 Å². The molecule has 0 radical (unpaired) electrons. The van der Waals surface area contributed by atoms with Crippen LogP contribution in [0.4, 0.5) is 5.69 Å². The van der Waals surface area contributed by atoms with Crippen LogP contribution in [0.15, 0.2) is 83.8 Å². The first-order valence-electron chi connectivity index (χ1n) is 10.1. The Labute approximate surface area is 193 Å². The van der Waals surface area contributed by atoms with Gasteiger partial charge in [-0.25, -0.2) is 8.42 Å². The Hall–Kier alpha value is -3.69. The first kappa shape index (κ1) is 24.0. The quantitative estimate of drug-likeness (QED) is 0.475. The van der Waals surface area contributed by atoms with E-state index in [1.165, 1.54) is 19.2 Å². The van der Waals surface area contributed by atoms with Crippen molar-refractivity contribution in [2.45, 2.75) is 17.9 Å². The van der Waals surface area contributed by atoms with Gasteiger partial charge in [-0.15, -0.1) is 0 Å². The predicted octanol–water partition coefficient (Wildman–Crippen LogP) is 2.55. The number of primary amides is 1. The Morgan fingerprint density at radius 1 is 0.909 bits per heavy atom. The Bertz CT molecular complexity index is 1200. The summed E-state index contributed by atoms with van der Waals surface area (Å²) in [5, 5.41) is 2.70. The molecule has 0 saturated heterocycles. The van der Waals surface area contributed by atoms with E-state index in [1.807, 2.05) is 6.07 Å². The number of rotatable bonds is 10. The molecule has 9 heteroatoms. The zero-order valence-electron chi connectivity index (χ0n) is 18.1. The van der Waals surface area contributed by atoms with Gasteiger partial charge in [0.1, 0.15) is 5.75 Å². The molecule has 0 aliphatic rings. The number of methoxy groups -OCH3 is 1. The molecule has 3 rings (SSSR count). The average Bonchev–Trinajstić information content (AvgIpc) is 2.80. The molecule has 3 aromatic rings. The van der Waals surface area contributed by atoms with Crippen molar-refractivity contribution in [3.05, 3.63) is 90.0 Å². The Kier molecular flexibility index (Phi) is 7.81. The maximum absolute atomic E-state index is 13.3. The van der Waals surface area contributed by atoms with Crippen LogP contribution in [0.3, 0.4) is 0 Å². The molecular weight excluding hydrogens is 442 g/mol. The van der Waals surface area contributed by atoms with Crippen LogP contribution in [0.2, 0.25) is 0 Å². The maximum atomic E-state index is 13.3. The molecule has 0 atom stereocenters. The number of hydrogen-bond donors (Lipinski definition) is 2. The number of ether oxygens (including phenoxy) is 1.